The lowest BCUT2D eigenvalue weighted by molar-refractivity contribution is -0.0526. The minimum absolute atomic E-state index is 0.0906. The van der Waals surface area contributed by atoms with Crippen LogP contribution in [0.15, 0.2) is 35.7 Å². The molecule has 0 atom stereocenters. The lowest BCUT2D eigenvalue weighted by Gasteiger charge is -2.14. The fourth-order valence-corrected chi connectivity index (χ4v) is 2.52. The average molecular weight is 340 g/mol. The number of hydrogen-bond donors (Lipinski definition) is 0. The van der Waals surface area contributed by atoms with E-state index in [0.717, 1.165) is 0 Å². The van der Waals surface area contributed by atoms with Gasteiger partial charge in [-0.3, -0.25) is 4.79 Å². The molecular formula is C16H14F2O4S. The smallest absolute Gasteiger partial charge is 0.387 e. The molecule has 4 nitrogen and oxygen atoms in total. The quantitative estimate of drug-likeness (QED) is 0.558. The van der Waals surface area contributed by atoms with E-state index >= 15 is 0 Å². The first-order chi connectivity index (χ1) is 11.0. The van der Waals surface area contributed by atoms with E-state index in [-0.39, 0.29) is 23.0 Å². The Morgan fingerprint density at radius 1 is 1.22 bits per heavy atom. The van der Waals surface area contributed by atoms with Crippen LogP contribution in [-0.4, -0.2) is 26.6 Å². The van der Waals surface area contributed by atoms with Gasteiger partial charge in [-0.2, -0.15) is 8.78 Å². The second kappa shape index (κ2) is 7.73. The van der Waals surface area contributed by atoms with E-state index < -0.39 is 6.61 Å². The van der Waals surface area contributed by atoms with Crippen molar-refractivity contribution in [2.45, 2.75) is 6.61 Å². The number of thiophene rings is 1. The van der Waals surface area contributed by atoms with Gasteiger partial charge in [0.25, 0.3) is 0 Å². The summed E-state index contributed by atoms with van der Waals surface area (Å²) in [4.78, 5) is 12.5. The van der Waals surface area contributed by atoms with E-state index in [4.69, 9.17) is 9.47 Å². The van der Waals surface area contributed by atoms with Crippen molar-refractivity contribution in [1.29, 1.82) is 0 Å². The molecule has 0 amide bonds. The summed E-state index contributed by atoms with van der Waals surface area (Å²) in [5, 5.41) is 1.81. The first-order valence-corrected chi connectivity index (χ1v) is 7.40. The highest BCUT2D eigenvalue weighted by molar-refractivity contribution is 7.12. The van der Waals surface area contributed by atoms with Gasteiger partial charge in [0, 0.05) is 0 Å². The Bertz CT molecular complexity index is 671. The third kappa shape index (κ3) is 4.29. The molecule has 0 unspecified atom stereocenters. The number of allylic oxidation sites excluding steroid dienone is 1. The molecule has 0 fully saturated rings. The van der Waals surface area contributed by atoms with Crippen LogP contribution in [0.25, 0.3) is 6.08 Å². The van der Waals surface area contributed by atoms with Gasteiger partial charge in [-0.15, -0.1) is 11.3 Å². The first-order valence-electron chi connectivity index (χ1n) is 6.52. The highest BCUT2D eigenvalue weighted by Gasteiger charge is 2.17. The molecule has 0 saturated carbocycles. The Kier molecular flexibility index (Phi) is 5.70. The molecule has 2 aromatic rings. The van der Waals surface area contributed by atoms with Crippen LogP contribution < -0.4 is 14.2 Å². The van der Waals surface area contributed by atoms with Crippen molar-refractivity contribution in [1.82, 2.24) is 0 Å². The molecule has 1 aromatic carbocycles. The predicted octanol–water partition coefficient (Wildman–Crippen LogP) is 4.26. The van der Waals surface area contributed by atoms with Gasteiger partial charge in [0.05, 0.1) is 19.1 Å². The second-order valence-electron chi connectivity index (χ2n) is 4.31. The fraction of sp³-hybridized carbons (Fsp3) is 0.188. The van der Waals surface area contributed by atoms with Gasteiger partial charge in [0.1, 0.15) is 0 Å². The topological polar surface area (TPSA) is 44.8 Å². The zero-order chi connectivity index (χ0) is 16.8. The van der Waals surface area contributed by atoms with E-state index in [1.807, 2.05) is 5.38 Å². The highest BCUT2D eigenvalue weighted by atomic mass is 32.1. The minimum atomic E-state index is -3.00. The molecule has 0 N–H and O–H groups in total. The second-order valence-corrected chi connectivity index (χ2v) is 5.26. The highest BCUT2D eigenvalue weighted by Crippen LogP contribution is 2.39. The van der Waals surface area contributed by atoms with Crippen LogP contribution in [0.5, 0.6) is 17.2 Å². The van der Waals surface area contributed by atoms with Crippen molar-refractivity contribution in [3.05, 3.63) is 46.2 Å². The summed E-state index contributed by atoms with van der Waals surface area (Å²) < 4.78 is 39.5. The minimum Gasteiger partial charge on any atom is -0.493 e. The van der Waals surface area contributed by atoms with E-state index in [1.54, 1.807) is 18.2 Å². The normalized spacial score (nSPS) is 11.0. The van der Waals surface area contributed by atoms with Crippen molar-refractivity contribution in [3.63, 3.8) is 0 Å². The van der Waals surface area contributed by atoms with Gasteiger partial charge in [-0.1, -0.05) is 12.1 Å². The standard InChI is InChI=1S/C16H14F2O4S/c1-20-12-8-10(5-6-11(19)14-4-3-7-23-14)9-13(21-2)15(12)22-16(17)18/h3-9,16H,1-2H3/b6-5+. The molecule has 122 valence electrons. The number of carbonyl (C=O) groups excluding carboxylic acids is 1. The molecule has 0 aliphatic carbocycles. The van der Waals surface area contributed by atoms with Gasteiger partial charge in [-0.25, -0.2) is 0 Å². The van der Waals surface area contributed by atoms with Gasteiger partial charge < -0.3 is 14.2 Å². The van der Waals surface area contributed by atoms with Crippen molar-refractivity contribution < 1.29 is 27.8 Å². The van der Waals surface area contributed by atoms with Crippen LogP contribution in [0.3, 0.4) is 0 Å². The number of halogens is 2. The molecule has 7 heteroatoms. The molecule has 1 heterocycles. The lowest BCUT2D eigenvalue weighted by atomic mass is 10.1. The van der Waals surface area contributed by atoms with E-state index in [1.165, 1.54) is 43.8 Å². The monoisotopic (exact) mass is 340 g/mol. The van der Waals surface area contributed by atoms with Gasteiger partial charge in [-0.05, 0) is 35.2 Å². The van der Waals surface area contributed by atoms with Crippen LogP contribution in [0.1, 0.15) is 15.2 Å². The van der Waals surface area contributed by atoms with Crippen molar-refractivity contribution >= 4 is 23.2 Å². The number of carbonyl (C=O) groups is 1. The largest absolute Gasteiger partial charge is 0.493 e. The van der Waals surface area contributed by atoms with Crippen LogP contribution in [0.4, 0.5) is 8.78 Å². The zero-order valence-electron chi connectivity index (χ0n) is 12.4. The molecular weight excluding hydrogens is 326 g/mol. The first kappa shape index (κ1) is 17.0. The van der Waals surface area contributed by atoms with Crippen molar-refractivity contribution in [3.8, 4) is 17.2 Å². The fourth-order valence-electron chi connectivity index (χ4n) is 1.87. The molecule has 1 aromatic heterocycles. The molecule has 23 heavy (non-hydrogen) atoms. The van der Waals surface area contributed by atoms with E-state index in [9.17, 15) is 13.6 Å². The van der Waals surface area contributed by atoms with Crippen molar-refractivity contribution in [2.75, 3.05) is 14.2 Å². The summed E-state index contributed by atoms with van der Waals surface area (Å²) in [7, 11) is 2.66. The molecule has 0 aliphatic rings. The Morgan fingerprint density at radius 3 is 2.35 bits per heavy atom. The number of ketones is 1. The SMILES string of the molecule is COc1cc(/C=C/C(=O)c2cccs2)cc(OC)c1OC(F)F. The Hall–Kier alpha value is -2.41. The number of rotatable bonds is 7. The van der Waals surface area contributed by atoms with Crippen molar-refractivity contribution in [2.24, 2.45) is 0 Å². The van der Waals surface area contributed by atoms with Gasteiger partial charge in [0.15, 0.2) is 17.3 Å². The Morgan fingerprint density at radius 2 is 1.87 bits per heavy atom. The van der Waals surface area contributed by atoms with Crippen LogP contribution in [0.2, 0.25) is 0 Å². The maximum atomic E-state index is 12.5. The van der Waals surface area contributed by atoms with Gasteiger partial charge in [0.2, 0.25) is 5.75 Å². The molecule has 0 spiro atoms. The summed E-state index contributed by atoms with van der Waals surface area (Å²) >= 11 is 1.34. The lowest BCUT2D eigenvalue weighted by Crippen LogP contribution is -2.05. The molecule has 0 bridgehead atoms. The predicted molar refractivity (Wildman–Crippen MR) is 83.9 cm³/mol. The molecule has 0 aliphatic heterocycles. The van der Waals surface area contributed by atoms with E-state index in [0.29, 0.717) is 10.4 Å². The number of alkyl halides is 2. The molecule has 2 rings (SSSR count). The van der Waals surface area contributed by atoms with Crippen LogP contribution in [-0.2, 0) is 0 Å². The third-order valence-corrected chi connectivity index (χ3v) is 3.77. The summed E-state index contributed by atoms with van der Waals surface area (Å²) in [5.74, 6) is -0.154. The summed E-state index contributed by atoms with van der Waals surface area (Å²) in [6.07, 6.45) is 2.95. The average Bonchev–Trinajstić information content (AvgIpc) is 3.07. The number of benzene rings is 1. The number of methoxy groups -OCH3 is 2. The van der Waals surface area contributed by atoms with Crippen LogP contribution >= 0.6 is 11.3 Å². The Balaban J connectivity index is 2.31. The Labute approximate surface area is 135 Å². The molecule has 0 radical (unpaired) electrons. The number of ether oxygens (including phenoxy) is 3. The maximum Gasteiger partial charge on any atom is 0.387 e. The molecule has 0 saturated heterocycles. The summed E-state index contributed by atoms with van der Waals surface area (Å²) in [6.45, 7) is -3.00. The summed E-state index contributed by atoms with van der Waals surface area (Å²) in [5.41, 5.74) is 0.560. The van der Waals surface area contributed by atoms with E-state index in [2.05, 4.69) is 4.74 Å². The third-order valence-electron chi connectivity index (χ3n) is 2.88. The van der Waals surface area contributed by atoms with Gasteiger partial charge >= 0.3 is 6.61 Å². The van der Waals surface area contributed by atoms with Crippen LogP contribution in [0, 0.1) is 0 Å². The zero-order valence-corrected chi connectivity index (χ0v) is 13.2. The number of hydrogen-bond acceptors (Lipinski definition) is 5. The summed E-state index contributed by atoms with van der Waals surface area (Å²) in [6, 6.07) is 6.48. The maximum absolute atomic E-state index is 12.5.